The number of esters is 1. The predicted molar refractivity (Wildman–Crippen MR) is 87.1 cm³/mol. The Morgan fingerprint density at radius 1 is 1.48 bits per heavy atom. The number of nitrogens with one attached hydrogen (secondary N) is 1. The Morgan fingerprint density at radius 2 is 2.19 bits per heavy atom. The van der Waals surface area contributed by atoms with Gasteiger partial charge in [-0.15, -0.1) is 0 Å². The molecule has 0 bridgehead atoms. The Labute approximate surface area is 135 Å². The fourth-order valence-corrected chi connectivity index (χ4v) is 3.35. The third-order valence-corrected chi connectivity index (χ3v) is 4.53. The van der Waals surface area contributed by atoms with Crippen molar-refractivity contribution in [3.8, 4) is 0 Å². The van der Waals surface area contributed by atoms with E-state index in [1.807, 2.05) is 31.3 Å². The first-order valence-corrected chi connectivity index (χ1v) is 8.15. The maximum absolute atomic E-state index is 12.2. The van der Waals surface area contributed by atoms with E-state index in [0.717, 1.165) is 42.5 Å². The number of carbonyl (C=O) groups is 1. The molecule has 1 heterocycles. The van der Waals surface area contributed by atoms with Gasteiger partial charge in [0.25, 0.3) is 0 Å². The third kappa shape index (κ3) is 4.53. The van der Waals surface area contributed by atoms with Crippen LogP contribution in [0.1, 0.15) is 24.4 Å². The molecule has 0 saturated carbocycles. The molecule has 0 radical (unpaired) electrons. The van der Waals surface area contributed by atoms with Gasteiger partial charge in [-0.2, -0.15) is 0 Å². The second-order valence-corrected chi connectivity index (χ2v) is 6.53. The van der Waals surface area contributed by atoms with Crippen LogP contribution in [0.3, 0.4) is 0 Å². The number of ether oxygens (including phenoxy) is 1. The highest BCUT2D eigenvalue weighted by Gasteiger charge is 2.28. The van der Waals surface area contributed by atoms with Gasteiger partial charge in [0.05, 0.1) is 7.11 Å². The highest BCUT2D eigenvalue weighted by atomic mass is 79.9. The molecular weight excluding hydrogens is 332 g/mol. The fraction of sp³-hybridized carbons (Fsp3) is 0.562. The number of carbonyl (C=O) groups excluding carboxylic acids is 1. The van der Waals surface area contributed by atoms with Crippen LogP contribution in [0, 0.1) is 5.92 Å². The van der Waals surface area contributed by atoms with Crippen LogP contribution < -0.4 is 5.32 Å². The lowest BCUT2D eigenvalue weighted by Crippen LogP contribution is -2.38. The molecule has 1 unspecified atom stereocenters. The molecule has 4 nitrogen and oxygen atoms in total. The number of piperidine rings is 1. The molecule has 1 N–H and O–H groups in total. The van der Waals surface area contributed by atoms with Crippen molar-refractivity contribution in [1.29, 1.82) is 0 Å². The summed E-state index contributed by atoms with van der Waals surface area (Å²) in [6.07, 6.45) is 2.33. The van der Waals surface area contributed by atoms with E-state index in [1.54, 1.807) is 0 Å². The topological polar surface area (TPSA) is 41.6 Å². The van der Waals surface area contributed by atoms with Crippen molar-refractivity contribution in [2.75, 3.05) is 33.8 Å². The molecule has 5 heteroatoms. The van der Waals surface area contributed by atoms with Gasteiger partial charge < -0.3 is 10.1 Å². The molecule has 1 aliphatic heterocycles. The summed E-state index contributed by atoms with van der Waals surface area (Å²) in [6.45, 7) is 3.05. The Morgan fingerprint density at radius 3 is 2.81 bits per heavy atom. The van der Waals surface area contributed by atoms with E-state index in [4.69, 9.17) is 4.74 Å². The molecule has 1 aromatic carbocycles. The highest BCUT2D eigenvalue weighted by molar-refractivity contribution is 9.10. The van der Waals surface area contributed by atoms with Crippen LogP contribution in [-0.4, -0.2) is 44.7 Å². The second-order valence-electron chi connectivity index (χ2n) is 5.61. The minimum absolute atomic E-state index is 0.204. The Balaban J connectivity index is 2.13. The van der Waals surface area contributed by atoms with Gasteiger partial charge in [-0.1, -0.05) is 28.1 Å². The summed E-state index contributed by atoms with van der Waals surface area (Å²) in [4.78, 5) is 14.3. The summed E-state index contributed by atoms with van der Waals surface area (Å²) >= 11 is 3.47. The predicted octanol–water partition coefficient (Wildman–Crippen LogP) is 2.59. The molecule has 0 aliphatic carbocycles. The zero-order valence-electron chi connectivity index (χ0n) is 12.6. The normalized spacial score (nSPS) is 17.7. The average molecular weight is 355 g/mol. The summed E-state index contributed by atoms with van der Waals surface area (Å²) in [5.41, 5.74) is 0.965. The average Bonchev–Trinajstić information content (AvgIpc) is 2.48. The molecule has 1 aromatic rings. The monoisotopic (exact) mass is 354 g/mol. The van der Waals surface area contributed by atoms with Gasteiger partial charge in [-0.3, -0.25) is 4.90 Å². The first kappa shape index (κ1) is 16.5. The van der Waals surface area contributed by atoms with Crippen LogP contribution in [-0.2, 0) is 9.53 Å². The van der Waals surface area contributed by atoms with Gasteiger partial charge in [0.1, 0.15) is 6.04 Å². The number of hydrogen-bond donors (Lipinski definition) is 1. The molecule has 1 fully saturated rings. The Hall–Kier alpha value is -0.910. The standard InChI is InChI=1S/C16H23BrN2O2/c1-19(11-12-6-8-18-9-7-12)15(16(20)21-2)13-4-3-5-14(17)10-13/h3-5,10,12,15,18H,6-9,11H2,1-2H3. The maximum Gasteiger partial charge on any atom is 0.327 e. The van der Waals surface area contributed by atoms with Gasteiger partial charge in [0.15, 0.2) is 0 Å². The zero-order chi connectivity index (χ0) is 15.2. The Kier molecular flexibility index (Phi) is 6.21. The first-order valence-electron chi connectivity index (χ1n) is 7.36. The number of methoxy groups -OCH3 is 1. The van der Waals surface area contributed by atoms with E-state index in [1.165, 1.54) is 7.11 Å². The molecule has 1 saturated heterocycles. The van der Waals surface area contributed by atoms with E-state index in [0.29, 0.717) is 5.92 Å². The van der Waals surface area contributed by atoms with E-state index in [9.17, 15) is 4.79 Å². The lowest BCUT2D eigenvalue weighted by Gasteiger charge is -2.32. The first-order chi connectivity index (χ1) is 10.1. The minimum atomic E-state index is -0.345. The number of nitrogens with zero attached hydrogens (tertiary/aromatic N) is 1. The van der Waals surface area contributed by atoms with Gasteiger partial charge >= 0.3 is 5.97 Å². The molecule has 1 atom stereocenters. The van der Waals surface area contributed by atoms with E-state index >= 15 is 0 Å². The van der Waals surface area contributed by atoms with E-state index in [-0.39, 0.29) is 12.0 Å². The number of halogens is 1. The SMILES string of the molecule is COC(=O)C(c1cccc(Br)c1)N(C)CC1CCNCC1. The van der Waals surface area contributed by atoms with Crippen molar-refractivity contribution in [3.05, 3.63) is 34.3 Å². The van der Waals surface area contributed by atoms with Gasteiger partial charge in [0, 0.05) is 11.0 Å². The molecule has 2 rings (SSSR count). The van der Waals surface area contributed by atoms with Crippen molar-refractivity contribution >= 4 is 21.9 Å². The molecular formula is C16H23BrN2O2. The van der Waals surface area contributed by atoms with Crippen molar-refractivity contribution < 1.29 is 9.53 Å². The zero-order valence-corrected chi connectivity index (χ0v) is 14.2. The van der Waals surface area contributed by atoms with Crippen LogP contribution in [0.15, 0.2) is 28.7 Å². The molecule has 21 heavy (non-hydrogen) atoms. The van der Waals surface area contributed by atoms with Crippen LogP contribution in [0.4, 0.5) is 0 Å². The smallest absolute Gasteiger partial charge is 0.327 e. The van der Waals surface area contributed by atoms with Crippen LogP contribution in [0.25, 0.3) is 0 Å². The summed E-state index contributed by atoms with van der Waals surface area (Å²) in [5.74, 6) is 0.431. The van der Waals surface area contributed by atoms with Crippen molar-refractivity contribution in [1.82, 2.24) is 10.2 Å². The summed E-state index contributed by atoms with van der Waals surface area (Å²) in [6, 6.07) is 7.53. The largest absolute Gasteiger partial charge is 0.468 e. The highest BCUT2D eigenvalue weighted by Crippen LogP contribution is 2.26. The van der Waals surface area contributed by atoms with Gasteiger partial charge in [-0.05, 0) is 56.6 Å². The van der Waals surface area contributed by atoms with Gasteiger partial charge in [0.2, 0.25) is 0 Å². The van der Waals surface area contributed by atoms with Crippen LogP contribution in [0.2, 0.25) is 0 Å². The molecule has 0 spiro atoms. The lowest BCUT2D eigenvalue weighted by atomic mass is 9.96. The molecule has 116 valence electrons. The minimum Gasteiger partial charge on any atom is -0.468 e. The van der Waals surface area contributed by atoms with E-state index < -0.39 is 0 Å². The van der Waals surface area contributed by atoms with Gasteiger partial charge in [-0.25, -0.2) is 4.79 Å². The Bertz CT molecular complexity index is 475. The summed E-state index contributed by atoms with van der Waals surface area (Å²) in [7, 11) is 3.45. The van der Waals surface area contributed by atoms with Crippen molar-refractivity contribution in [2.24, 2.45) is 5.92 Å². The lowest BCUT2D eigenvalue weighted by molar-refractivity contribution is -0.147. The van der Waals surface area contributed by atoms with Crippen molar-refractivity contribution in [2.45, 2.75) is 18.9 Å². The summed E-state index contributed by atoms with van der Waals surface area (Å²) < 4.78 is 5.98. The second kappa shape index (κ2) is 7.92. The van der Waals surface area contributed by atoms with E-state index in [2.05, 4.69) is 26.1 Å². The number of likely N-dealkylation sites (N-methyl/N-ethyl adjacent to an activating group) is 1. The van der Waals surface area contributed by atoms with Crippen molar-refractivity contribution in [3.63, 3.8) is 0 Å². The van der Waals surface area contributed by atoms with Crippen LogP contribution in [0.5, 0.6) is 0 Å². The molecule has 0 aromatic heterocycles. The fourth-order valence-electron chi connectivity index (χ4n) is 2.94. The number of hydrogen-bond acceptors (Lipinski definition) is 4. The summed E-state index contributed by atoms with van der Waals surface area (Å²) in [5, 5.41) is 3.37. The molecule has 1 aliphatic rings. The quantitative estimate of drug-likeness (QED) is 0.825. The maximum atomic E-state index is 12.2. The number of benzene rings is 1. The number of rotatable bonds is 5. The third-order valence-electron chi connectivity index (χ3n) is 4.03. The molecule has 0 amide bonds. The van der Waals surface area contributed by atoms with Crippen LogP contribution >= 0.6 is 15.9 Å².